The van der Waals surface area contributed by atoms with E-state index in [0.29, 0.717) is 22.8 Å². The minimum Gasteiger partial charge on any atom is -0.354 e. The van der Waals surface area contributed by atoms with E-state index in [2.05, 4.69) is 26.6 Å². The van der Waals surface area contributed by atoms with Crippen LogP contribution in [0.5, 0.6) is 0 Å². The number of anilines is 1. The SMILES string of the molecule is CCSNC1CCC(CCN2CCN(c3noc4cc(F)c(F)cc34)CC2)CC1. The molecule has 1 N–H and O–H groups in total. The quantitative estimate of drug-likeness (QED) is 0.663. The molecule has 0 atom stereocenters. The van der Waals surface area contributed by atoms with Crippen LogP contribution in [0, 0.1) is 17.6 Å². The molecule has 5 nitrogen and oxygen atoms in total. The molecule has 2 aromatic rings. The molecule has 0 unspecified atom stereocenters. The number of aromatic nitrogens is 1. The highest BCUT2D eigenvalue weighted by atomic mass is 32.2. The number of halogens is 2. The summed E-state index contributed by atoms with van der Waals surface area (Å²) < 4.78 is 35.8. The van der Waals surface area contributed by atoms with Crippen LogP contribution in [0.4, 0.5) is 14.6 Å². The van der Waals surface area contributed by atoms with Crippen LogP contribution in [0.25, 0.3) is 11.0 Å². The number of piperazine rings is 1. The molecule has 0 radical (unpaired) electrons. The summed E-state index contributed by atoms with van der Waals surface area (Å²) in [4.78, 5) is 4.62. The van der Waals surface area contributed by atoms with Gasteiger partial charge in [-0.15, -0.1) is 0 Å². The maximum atomic E-state index is 13.6. The monoisotopic (exact) mass is 424 g/mol. The first kappa shape index (κ1) is 20.9. The Morgan fingerprint density at radius 3 is 2.55 bits per heavy atom. The van der Waals surface area contributed by atoms with Gasteiger partial charge in [-0.1, -0.05) is 24.0 Å². The van der Waals surface area contributed by atoms with Crippen LogP contribution in [0.15, 0.2) is 16.7 Å². The summed E-state index contributed by atoms with van der Waals surface area (Å²) in [7, 11) is 0. The molecule has 2 fully saturated rings. The second-order valence-electron chi connectivity index (χ2n) is 8.15. The van der Waals surface area contributed by atoms with E-state index in [1.165, 1.54) is 38.2 Å². The predicted molar refractivity (Wildman–Crippen MR) is 114 cm³/mol. The third-order valence-corrected chi connectivity index (χ3v) is 7.05. The van der Waals surface area contributed by atoms with E-state index in [0.717, 1.165) is 50.5 Å². The van der Waals surface area contributed by atoms with Crippen LogP contribution < -0.4 is 9.62 Å². The van der Waals surface area contributed by atoms with Gasteiger partial charge in [-0.2, -0.15) is 0 Å². The van der Waals surface area contributed by atoms with Crippen molar-refractivity contribution in [3.8, 4) is 0 Å². The zero-order chi connectivity index (χ0) is 20.2. The van der Waals surface area contributed by atoms with Gasteiger partial charge in [0.2, 0.25) is 0 Å². The number of rotatable bonds is 7. The van der Waals surface area contributed by atoms with Crippen molar-refractivity contribution < 1.29 is 13.3 Å². The van der Waals surface area contributed by atoms with Gasteiger partial charge < -0.3 is 9.42 Å². The Balaban J connectivity index is 1.23. The smallest absolute Gasteiger partial charge is 0.180 e. The normalized spacial score (nSPS) is 23.8. The maximum absolute atomic E-state index is 13.6. The third-order valence-electron chi connectivity index (χ3n) is 6.26. The van der Waals surface area contributed by atoms with E-state index < -0.39 is 11.6 Å². The molecule has 1 aliphatic carbocycles. The van der Waals surface area contributed by atoms with Gasteiger partial charge in [-0.25, -0.2) is 8.78 Å². The summed E-state index contributed by atoms with van der Waals surface area (Å²) in [5.41, 5.74) is 0.295. The zero-order valence-electron chi connectivity index (χ0n) is 17.0. The van der Waals surface area contributed by atoms with Crippen molar-refractivity contribution >= 4 is 28.7 Å². The second kappa shape index (κ2) is 9.62. The van der Waals surface area contributed by atoms with Crippen molar-refractivity contribution in [3.63, 3.8) is 0 Å². The maximum Gasteiger partial charge on any atom is 0.180 e. The Hall–Kier alpha value is -1.38. The second-order valence-corrected chi connectivity index (χ2v) is 9.26. The number of hydrogen-bond acceptors (Lipinski definition) is 6. The fourth-order valence-corrected chi connectivity index (χ4v) is 5.11. The van der Waals surface area contributed by atoms with Crippen molar-refractivity contribution in [2.45, 2.75) is 45.1 Å². The van der Waals surface area contributed by atoms with Gasteiger partial charge in [0.25, 0.3) is 0 Å². The lowest BCUT2D eigenvalue weighted by Crippen LogP contribution is -2.47. The Kier molecular flexibility index (Phi) is 6.92. The molecule has 29 heavy (non-hydrogen) atoms. The Morgan fingerprint density at radius 1 is 1.10 bits per heavy atom. The first-order valence-electron chi connectivity index (χ1n) is 10.7. The standard InChI is InChI=1S/C21H30F2N4OS/c1-2-29-25-16-5-3-15(4-6-16)7-8-26-9-11-27(12-10-26)21-17-13-18(22)19(23)14-20(17)28-24-21/h13-16,25H,2-12H2,1H3. The lowest BCUT2D eigenvalue weighted by molar-refractivity contribution is 0.214. The average molecular weight is 425 g/mol. The van der Waals surface area contributed by atoms with Gasteiger partial charge >= 0.3 is 0 Å². The van der Waals surface area contributed by atoms with Crippen molar-refractivity contribution in [1.29, 1.82) is 0 Å². The molecule has 0 spiro atoms. The number of benzene rings is 1. The number of hydrogen-bond donors (Lipinski definition) is 1. The minimum absolute atomic E-state index is 0.295. The van der Waals surface area contributed by atoms with Crippen molar-refractivity contribution in [2.24, 2.45) is 5.92 Å². The van der Waals surface area contributed by atoms with Crippen molar-refractivity contribution in [2.75, 3.05) is 43.4 Å². The molecule has 1 aromatic heterocycles. The molecule has 4 rings (SSSR count). The largest absolute Gasteiger partial charge is 0.354 e. The van der Waals surface area contributed by atoms with E-state index in [1.807, 2.05) is 11.9 Å². The Labute approximate surface area is 175 Å². The van der Waals surface area contributed by atoms with Gasteiger partial charge in [0.15, 0.2) is 23.0 Å². The highest BCUT2D eigenvalue weighted by Crippen LogP contribution is 2.30. The van der Waals surface area contributed by atoms with E-state index in [-0.39, 0.29) is 0 Å². The third kappa shape index (κ3) is 5.03. The van der Waals surface area contributed by atoms with Crippen LogP contribution in [0.3, 0.4) is 0 Å². The van der Waals surface area contributed by atoms with E-state index in [1.54, 1.807) is 0 Å². The topological polar surface area (TPSA) is 44.5 Å². The molecule has 1 saturated carbocycles. The van der Waals surface area contributed by atoms with Crippen LogP contribution in [0.1, 0.15) is 39.0 Å². The number of fused-ring (bicyclic) bond motifs is 1. The molecule has 2 heterocycles. The van der Waals surface area contributed by atoms with Gasteiger partial charge in [-0.3, -0.25) is 9.62 Å². The number of nitrogens with zero attached hydrogens (tertiary/aromatic N) is 3. The summed E-state index contributed by atoms with van der Waals surface area (Å²) in [6.07, 6.45) is 6.51. The summed E-state index contributed by atoms with van der Waals surface area (Å²) in [6, 6.07) is 2.95. The summed E-state index contributed by atoms with van der Waals surface area (Å²) >= 11 is 1.84. The highest BCUT2D eigenvalue weighted by Gasteiger charge is 2.25. The summed E-state index contributed by atoms with van der Waals surface area (Å²) in [5.74, 6) is 0.823. The molecular weight excluding hydrogens is 394 g/mol. The molecule has 1 aliphatic heterocycles. The molecular formula is C21H30F2N4OS. The molecule has 1 saturated heterocycles. The average Bonchev–Trinajstić information content (AvgIpc) is 3.14. The molecule has 1 aromatic carbocycles. The van der Waals surface area contributed by atoms with Crippen molar-refractivity contribution in [3.05, 3.63) is 23.8 Å². The number of nitrogens with one attached hydrogen (secondary N) is 1. The fraction of sp³-hybridized carbons (Fsp3) is 0.667. The van der Waals surface area contributed by atoms with Crippen LogP contribution in [0.2, 0.25) is 0 Å². The molecule has 0 amide bonds. The van der Waals surface area contributed by atoms with Crippen LogP contribution in [-0.4, -0.2) is 54.6 Å². The Morgan fingerprint density at radius 2 is 1.83 bits per heavy atom. The van der Waals surface area contributed by atoms with Crippen molar-refractivity contribution in [1.82, 2.24) is 14.8 Å². The predicted octanol–water partition coefficient (Wildman–Crippen LogP) is 4.43. The molecule has 0 bridgehead atoms. The fourth-order valence-electron chi connectivity index (χ4n) is 4.47. The first-order chi connectivity index (χ1) is 14.1. The van der Waals surface area contributed by atoms with Gasteiger partial charge in [-0.05, 0) is 50.6 Å². The van der Waals surface area contributed by atoms with E-state index in [9.17, 15) is 8.78 Å². The van der Waals surface area contributed by atoms with Gasteiger partial charge in [0, 0.05) is 44.0 Å². The lowest BCUT2D eigenvalue weighted by atomic mass is 9.84. The van der Waals surface area contributed by atoms with Crippen LogP contribution >= 0.6 is 11.9 Å². The highest BCUT2D eigenvalue weighted by molar-refractivity contribution is 7.97. The van der Waals surface area contributed by atoms with E-state index >= 15 is 0 Å². The van der Waals surface area contributed by atoms with E-state index in [4.69, 9.17) is 4.52 Å². The van der Waals surface area contributed by atoms with Crippen LogP contribution in [-0.2, 0) is 0 Å². The Bertz CT molecular complexity index is 801. The molecule has 2 aliphatic rings. The minimum atomic E-state index is -0.904. The molecule has 8 heteroatoms. The van der Waals surface area contributed by atoms with Gasteiger partial charge in [0.05, 0.1) is 5.39 Å². The summed E-state index contributed by atoms with van der Waals surface area (Å²) in [5, 5.41) is 4.61. The zero-order valence-corrected chi connectivity index (χ0v) is 17.8. The lowest BCUT2D eigenvalue weighted by Gasteiger charge is -2.36. The molecule has 160 valence electrons. The summed E-state index contributed by atoms with van der Waals surface area (Å²) in [6.45, 7) is 6.90. The first-order valence-corrected chi connectivity index (χ1v) is 11.7. The van der Waals surface area contributed by atoms with Gasteiger partial charge in [0.1, 0.15) is 0 Å².